The quantitative estimate of drug-likeness (QED) is 0.230. The number of hydrogen-bond acceptors (Lipinski definition) is 0. The van der Waals surface area contributed by atoms with E-state index in [9.17, 15) is 0 Å². The van der Waals surface area contributed by atoms with Crippen molar-refractivity contribution in [1.29, 1.82) is 0 Å². The molecule has 0 spiro atoms. The van der Waals surface area contributed by atoms with E-state index < -0.39 is 0 Å². The first-order valence-electron chi connectivity index (χ1n) is 14.2. The largest absolute Gasteiger partial charge is 0.214 e. The number of fused-ring (bicyclic) bond motifs is 4. The molecule has 5 aromatic rings. The van der Waals surface area contributed by atoms with Gasteiger partial charge in [0, 0.05) is 0 Å². The van der Waals surface area contributed by atoms with Crippen molar-refractivity contribution in [3.05, 3.63) is 136 Å². The fourth-order valence-corrected chi connectivity index (χ4v) is 6.08. The summed E-state index contributed by atoms with van der Waals surface area (Å²) in [6, 6.07) is 36.0. The van der Waals surface area contributed by atoms with Crippen LogP contribution in [0.4, 0.5) is 0 Å². The summed E-state index contributed by atoms with van der Waals surface area (Å²) in [6.07, 6.45) is 1.03. The second kappa shape index (κ2) is 15.0. The van der Waals surface area contributed by atoms with E-state index in [4.69, 9.17) is 0 Å². The van der Waals surface area contributed by atoms with E-state index >= 15 is 0 Å². The Hall–Kier alpha value is -2.18. The summed E-state index contributed by atoms with van der Waals surface area (Å²) in [5, 5.41) is 2.65. The molecule has 0 amide bonds. The Balaban J connectivity index is 0.000000270. The Labute approximate surface area is 281 Å². The van der Waals surface area contributed by atoms with Crippen molar-refractivity contribution in [2.45, 2.75) is 72.6 Å². The molecule has 0 bridgehead atoms. The van der Waals surface area contributed by atoms with Gasteiger partial charge in [0.15, 0.2) is 0 Å². The van der Waals surface area contributed by atoms with E-state index in [1.807, 2.05) is 30.3 Å². The molecular formula is C39H42Cl2Zr-2. The van der Waals surface area contributed by atoms with Gasteiger partial charge in [0.05, 0.1) is 0 Å². The van der Waals surface area contributed by atoms with Crippen molar-refractivity contribution in [3.63, 3.8) is 0 Å². The summed E-state index contributed by atoms with van der Waals surface area (Å²) >= 11 is 1.46. The minimum Gasteiger partial charge on any atom is -0.214 e. The molecule has 0 saturated heterocycles. The van der Waals surface area contributed by atoms with Crippen LogP contribution in [-0.2, 0) is 41.5 Å². The van der Waals surface area contributed by atoms with Crippen LogP contribution in [0.15, 0.2) is 91.0 Å². The Bertz CT molecular complexity index is 1530. The molecule has 0 radical (unpaired) electrons. The van der Waals surface area contributed by atoms with Crippen LogP contribution in [0, 0.1) is 19.9 Å². The van der Waals surface area contributed by atoms with Crippen molar-refractivity contribution < 1.29 is 49.0 Å². The Morgan fingerprint density at radius 2 is 1.31 bits per heavy atom. The summed E-state index contributed by atoms with van der Waals surface area (Å²) in [6.45, 7) is 18.2. The van der Waals surface area contributed by atoms with Gasteiger partial charge >= 0.3 is 86.7 Å². The van der Waals surface area contributed by atoms with Crippen LogP contribution in [-0.4, -0.2) is 3.71 Å². The smallest absolute Gasteiger partial charge is 0.172 e. The van der Waals surface area contributed by atoms with Gasteiger partial charge in [-0.3, -0.25) is 0 Å². The van der Waals surface area contributed by atoms with E-state index in [2.05, 4.69) is 126 Å². The molecule has 218 valence electrons. The second-order valence-corrected chi connectivity index (χ2v) is 13.6. The van der Waals surface area contributed by atoms with Gasteiger partial charge in [0.25, 0.3) is 0 Å². The standard InChI is InChI=1S/C23H29.C11H8.C5H5.2ClH.Zr/c1-14-9-16-11-17-10-15(2)21(23(6,7)8)13-19(17)18(16)12-20(14)22(3,4)5;1-9-6-7-10-4-2-3-5-11(10)8-9;1-2-4-5-3-1;;;/h9,12-13H,11H2,1-8H3;1-8H;1-5H;2*1H;/q-1;;-1;;;+2/p-2. The zero-order chi connectivity index (χ0) is 29.1. The summed E-state index contributed by atoms with van der Waals surface area (Å²) in [5.41, 5.74) is 12.9. The van der Waals surface area contributed by atoms with E-state index in [1.54, 1.807) is 0 Å². The topological polar surface area (TPSA) is 0 Å². The molecule has 0 heterocycles. The molecule has 6 rings (SSSR count). The van der Waals surface area contributed by atoms with Crippen molar-refractivity contribution in [1.82, 2.24) is 0 Å². The van der Waals surface area contributed by atoms with Crippen LogP contribution in [0.5, 0.6) is 0 Å². The fourth-order valence-electron chi connectivity index (χ4n) is 5.64. The van der Waals surface area contributed by atoms with E-state index in [1.165, 1.54) is 85.1 Å². The molecule has 3 heteroatoms. The SMILES string of the molecule is Cc1[c-]c2c(cc1C(C)(C)C)-c1cc(C(C)(C)C)c(C)cc1C2.[Cl-].[Cl-].[Zr+2]=[CH]c1ccc2ccccc2c1.c1cc[cH-]c1. The van der Waals surface area contributed by atoms with Gasteiger partial charge in [-0.25, -0.2) is 12.1 Å². The third kappa shape index (κ3) is 8.69. The number of hydrogen-bond donors (Lipinski definition) is 0. The molecule has 0 nitrogen and oxygen atoms in total. The molecule has 5 aromatic carbocycles. The van der Waals surface area contributed by atoms with Gasteiger partial charge in [-0.1, -0.05) is 71.6 Å². The Morgan fingerprint density at radius 3 is 1.86 bits per heavy atom. The molecule has 0 aromatic heterocycles. The zero-order valence-electron chi connectivity index (χ0n) is 26.2. The van der Waals surface area contributed by atoms with Gasteiger partial charge in [-0.05, 0) is 35.4 Å². The molecule has 0 N–H and O–H groups in total. The molecular weight excluding hydrogens is 631 g/mol. The molecule has 0 aliphatic heterocycles. The van der Waals surface area contributed by atoms with Gasteiger partial charge in [-0.15, -0.1) is 16.7 Å². The molecule has 42 heavy (non-hydrogen) atoms. The monoisotopic (exact) mass is 670 g/mol. The van der Waals surface area contributed by atoms with Crippen molar-refractivity contribution in [3.8, 4) is 11.1 Å². The summed E-state index contributed by atoms with van der Waals surface area (Å²) < 4.78 is 2.21. The molecule has 0 fully saturated rings. The zero-order valence-corrected chi connectivity index (χ0v) is 30.2. The maximum Gasteiger partial charge on any atom is -0.172 e. The normalized spacial score (nSPS) is 11.5. The van der Waals surface area contributed by atoms with Crippen LogP contribution in [0.1, 0.15) is 80.5 Å². The summed E-state index contributed by atoms with van der Waals surface area (Å²) in [4.78, 5) is 0. The first-order chi connectivity index (χ1) is 18.9. The van der Waals surface area contributed by atoms with Crippen LogP contribution in [0.25, 0.3) is 21.9 Å². The number of rotatable bonds is 1. The minimum absolute atomic E-state index is 0. The molecule has 0 unspecified atom stereocenters. The number of halogens is 2. The maximum absolute atomic E-state index is 3.69. The van der Waals surface area contributed by atoms with Crippen molar-refractivity contribution >= 4 is 14.5 Å². The predicted octanol–water partition coefficient (Wildman–Crippen LogP) is 4.22. The van der Waals surface area contributed by atoms with Crippen LogP contribution < -0.4 is 24.8 Å². The average Bonchev–Trinajstić information content (AvgIpc) is 3.58. The van der Waals surface area contributed by atoms with Crippen molar-refractivity contribution in [2.75, 3.05) is 0 Å². The van der Waals surface area contributed by atoms with Gasteiger partial charge < -0.3 is 24.8 Å². The third-order valence-corrected chi connectivity index (χ3v) is 8.39. The van der Waals surface area contributed by atoms with Gasteiger partial charge in [0.2, 0.25) is 0 Å². The van der Waals surface area contributed by atoms with Crippen LogP contribution in [0.3, 0.4) is 0 Å². The number of benzene rings is 4. The number of aryl methyl sites for hydroxylation is 2. The summed E-state index contributed by atoms with van der Waals surface area (Å²) in [7, 11) is 0. The molecule has 1 aliphatic carbocycles. The molecule has 0 atom stereocenters. The van der Waals surface area contributed by atoms with Gasteiger partial charge in [0.1, 0.15) is 0 Å². The third-order valence-electron chi connectivity index (χ3n) is 7.58. The van der Waals surface area contributed by atoms with E-state index in [-0.39, 0.29) is 35.6 Å². The minimum atomic E-state index is 0. The van der Waals surface area contributed by atoms with Crippen molar-refractivity contribution in [2.24, 2.45) is 0 Å². The Kier molecular flexibility index (Phi) is 12.9. The fraction of sp³-hybridized carbons (Fsp3) is 0.282. The summed E-state index contributed by atoms with van der Waals surface area (Å²) in [5.74, 6) is 0. The average molecular weight is 673 g/mol. The van der Waals surface area contributed by atoms with Crippen LogP contribution in [0.2, 0.25) is 0 Å². The molecule has 0 saturated carbocycles. The van der Waals surface area contributed by atoms with Crippen LogP contribution >= 0.6 is 0 Å². The first kappa shape index (κ1) is 36.0. The first-order valence-corrected chi connectivity index (χ1v) is 15.7. The Morgan fingerprint density at radius 1 is 0.714 bits per heavy atom. The predicted molar refractivity (Wildman–Crippen MR) is 172 cm³/mol. The molecule has 1 aliphatic rings. The van der Waals surface area contributed by atoms with E-state index in [0.29, 0.717) is 0 Å². The maximum atomic E-state index is 3.69. The van der Waals surface area contributed by atoms with E-state index in [0.717, 1.165) is 6.42 Å². The van der Waals surface area contributed by atoms with Gasteiger partial charge in [-0.2, -0.15) is 35.9 Å². The second-order valence-electron chi connectivity index (χ2n) is 12.9.